The van der Waals surface area contributed by atoms with E-state index in [0.717, 1.165) is 19.0 Å². The van der Waals surface area contributed by atoms with Crippen LogP contribution in [0, 0.1) is 17.4 Å². The summed E-state index contributed by atoms with van der Waals surface area (Å²) < 4.78 is 40.1. The number of hydrogen-bond acceptors (Lipinski definition) is 5. The lowest BCUT2D eigenvalue weighted by Crippen LogP contribution is -2.38. The van der Waals surface area contributed by atoms with Crippen LogP contribution >= 0.6 is 22.6 Å². The highest BCUT2D eigenvalue weighted by Crippen LogP contribution is 2.35. The van der Waals surface area contributed by atoms with Gasteiger partial charge in [0, 0.05) is 15.3 Å². The highest BCUT2D eigenvalue weighted by molar-refractivity contribution is 14.1. The van der Waals surface area contributed by atoms with Crippen LogP contribution < -0.4 is 19.1 Å². The summed E-state index contributed by atoms with van der Waals surface area (Å²) in [4.78, 5) is 13.1. The molecular formula is C24H25IN2O5S. The standard InChI is InChI=1S/C24H25IN2O5S/c1-16-5-9-20(10-6-16)33(29,30)27(22-14-19(31-3)8-12-23(22)32-4)15-24(28)26-21-11-7-18(25)13-17(21)2/h5-14H,15H2,1-4H3,(H,26,28). The van der Waals surface area contributed by atoms with Crippen LogP contribution in [-0.4, -0.2) is 35.1 Å². The number of anilines is 2. The normalized spacial score (nSPS) is 11.1. The zero-order valence-corrected chi connectivity index (χ0v) is 21.7. The van der Waals surface area contributed by atoms with Crippen molar-refractivity contribution in [1.29, 1.82) is 0 Å². The summed E-state index contributed by atoms with van der Waals surface area (Å²) in [5.74, 6) is 0.244. The van der Waals surface area contributed by atoms with Crippen molar-refractivity contribution in [2.24, 2.45) is 0 Å². The average molecular weight is 580 g/mol. The number of ether oxygens (including phenoxy) is 2. The van der Waals surface area contributed by atoms with Gasteiger partial charge in [-0.15, -0.1) is 0 Å². The van der Waals surface area contributed by atoms with Crippen molar-refractivity contribution in [1.82, 2.24) is 0 Å². The third-order valence-corrected chi connectivity index (χ3v) is 7.46. The Morgan fingerprint density at radius 3 is 2.27 bits per heavy atom. The van der Waals surface area contributed by atoms with Gasteiger partial charge in [0.2, 0.25) is 5.91 Å². The molecule has 3 rings (SSSR count). The quantitative estimate of drug-likeness (QED) is 0.389. The lowest BCUT2D eigenvalue weighted by Gasteiger charge is -2.26. The van der Waals surface area contributed by atoms with Crippen molar-refractivity contribution in [2.45, 2.75) is 18.7 Å². The average Bonchev–Trinajstić information content (AvgIpc) is 2.79. The predicted octanol–water partition coefficient (Wildman–Crippen LogP) is 4.76. The van der Waals surface area contributed by atoms with E-state index < -0.39 is 22.5 Å². The van der Waals surface area contributed by atoms with Gasteiger partial charge in [0.15, 0.2) is 0 Å². The molecule has 1 N–H and O–H groups in total. The molecule has 0 aliphatic rings. The minimum Gasteiger partial charge on any atom is -0.497 e. The summed E-state index contributed by atoms with van der Waals surface area (Å²) >= 11 is 2.19. The highest BCUT2D eigenvalue weighted by atomic mass is 127. The molecule has 0 radical (unpaired) electrons. The Morgan fingerprint density at radius 2 is 1.67 bits per heavy atom. The summed E-state index contributed by atoms with van der Waals surface area (Å²) in [6.45, 7) is 3.30. The van der Waals surface area contributed by atoms with Crippen molar-refractivity contribution >= 4 is 49.9 Å². The van der Waals surface area contributed by atoms with E-state index in [1.807, 2.05) is 26.0 Å². The smallest absolute Gasteiger partial charge is 0.264 e. The van der Waals surface area contributed by atoms with Gasteiger partial charge in [-0.1, -0.05) is 17.7 Å². The summed E-state index contributed by atoms with van der Waals surface area (Å²) in [5, 5.41) is 2.82. The van der Waals surface area contributed by atoms with E-state index in [0.29, 0.717) is 17.2 Å². The molecule has 0 fully saturated rings. The third kappa shape index (κ3) is 5.77. The molecule has 0 atom stereocenters. The van der Waals surface area contributed by atoms with Gasteiger partial charge in [-0.25, -0.2) is 8.42 Å². The molecule has 3 aromatic rings. The van der Waals surface area contributed by atoms with E-state index in [1.165, 1.54) is 32.4 Å². The third-order valence-electron chi connectivity index (χ3n) is 5.01. The van der Waals surface area contributed by atoms with Gasteiger partial charge in [0.25, 0.3) is 10.0 Å². The molecule has 0 aliphatic heterocycles. The minimum absolute atomic E-state index is 0.0659. The van der Waals surface area contributed by atoms with Gasteiger partial charge < -0.3 is 14.8 Å². The molecule has 0 saturated carbocycles. The molecule has 0 spiro atoms. The molecule has 9 heteroatoms. The summed E-state index contributed by atoms with van der Waals surface area (Å²) in [6.07, 6.45) is 0. The van der Waals surface area contributed by atoms with E-state index in [2.05, 4.69) is 27.9 Å². The lowest BCUT2D eigenvalue weighted by molar-refractivity contribution is -0.114. The number of rotatable bonds is 8. The van der Waals surface area contributed by atoms with E-state index >= 15 is 0 Å². The molecule has 0 aromatic heterocycles. The number of carbonyl (C=O) groups excluding carboxylic acids is 1. The topological polar surface area (TPSA) is 84.9 Å². The van der Waals surface area contributed by atoms with Crippen molar-refractivity contribution < 1.29 is 22.7 Å². The van der Waals surface area contributed by atoms with Crippen LogP contribution in [0.3, 0.4) is 0 Å². The van der Waals surface area contributed by atoms with Crippen LogP contribution in [0.5, 0.6) is 11.5 Å². The van der Waals surface area contributed by atoms with Crippen molar-refractivity contribution in [2.75, 3.05) is 30.4 Å². The Hall–Kier alpha value is -2.79. The van der Waals surface area contributed by atoms with E-state index in [1.54, 1.807) is 30.3 Å². The van der Waals surface area contributed by atoms with Crippen molar-refractivity contribution in [3.63, 3.8) is 0 Å². The van der Waals surface area contributed by atoms with Gasteiger partial charge in [0.1, 0.15) is 18.0 Å². The number of nitrogens with one attached hydrogen (secondary N) is 1. The molecule has 7 nitrogen and oxygen atoms in total. The second-order valence-corrected chi connectivity index (χ2v) is 10.5. The second kappa shape index (κ2) is 10.4. The summed E-state index contributed by atoms with van der Waals surface area (Å²) in [6, 6.07) is 16.9. The van der Waals surface area contributed by atoms with Crippen LogP contribution in [0.2, 0.25) is 0 Å². The molecule has 3 aromatic carbocycles. The van der Waals surface area contributed by atoms with E-state index in [4.69, 9.17) is 9.47 Å². The van der Waals surface area contributed by atoms with Crippen LogP contribution in [-0.2, 0) is 14.8 Å². The van der Waals surface area contributed by atoms with Crippen LogP contribution in [0.1, 0.15) is 11.1 Å². The molecule has 0 heterocycles. The lowest BCUT2D eigenvalue weighted by atomic mass is 10.2. The number of sulfonamides is 1. The fraction of sp³-hybridized carbons (Fsp3) is 0.208. The maximum Gasteiger partial charge on any atom is 0.264 e. The first-order valence-corrected chi connectivity index (χ1v) is 12.5. The maximum absolute atomic E-state index is 13.7. The Labute approximate surface area is 207 Å². The second-order valence-electron chi connectivity index (χ2n) is 7.37. The maximum atomic E-state index is 13.7. The molecule has 174 valence electrons. The van der Waals surface area contributed by atoms with Gasteiger partial charge in [-0.3, -0.25) is 9.10 Å². The molecule has 1 amide bonds. The van der Waals surface area contributed by atoms with Crippen LogP contribution in [0.25, 0.3) is 0 Å². The first kappa shape index (κ1) is 24.8. The Kier molecular flexibility index (Phi) is 7.85. The fourth-order valence-corrected chi connectivity index (χ4v) is 5.29. The fourth-order valence-electron chi connectivity index (χ4n) is 3.22. The monoisotopic (exact) mass is 580 g/mol. The predicted molar refractivity (Wildman–Crippen MR) is 138 cm³/mol. The minimum atomic E-state index is -4.10. The SMILES string of the molecule is COc1ccc(OC)c(N(CC(=O)Nc2ccc(I)cc2C)S(=O)(=O)c2ccc(C)cc2)c1. The first-order chi connectivity index (χ1) is 15.6. The zero-order chi connectivity index (χ0) is 24.2. The number of benzene rings is 3. The van der Waals surface area contributed by atoms with Crippen LogP contribution in [0.4, 0.5) is 11.4 Å². The van der Waals surface area contributed by atoms with Crippen LogP contribution in [0.15, 0.2) is 65.6 Å². The Balaban J connectivity index is 2.05. The van der Waals surface area contributed by atoms with E-state index in [9.17, 15) is 13.2 Å². The molecular weight excluding hydrogens is 555 g/mol. The molecule has 0 saturated heterocycles. The van der Waals surface area contributed by atoms with Gasteiger partial charge in [-0.05, 0) is 84.5 Å². The highest BCUT2D eigenvalue weighted by Gasteiger charge is 2.30. The largest absolute Gasteiger partial charge is 0.497 e. The number of carbonyl (C=O) groups is 1. The Morgan fingerprint density at radius 1 is 0.970 bits per heavy atom. The number of aryl methyl sites for hydroxylation is 2. The molecule has 33 heavy (non-hydrogen) atoms. The van der Waals surface area contributed by atoms with Gasteiger partial charge in [0.05, 0.1) is 24.8 Å². The number of halogens is 1. The molecule has 0 unspecified atom stereocenters. The van der Waals surface area contributed by atoms with Gasteiger partial charge >= 0.3 is 0 Å². The number of amides is 1. The van der Waals surface area contributed by atoms with E-state index in [-0.39, 0.29) is 10.6 Å². The Bertz CT molecular complexity index is 1260. The number of nitrogens with zero attached hydrogens (tertiary/aromatic N) is 1. The molecule has 0 aliphatic carbocycles. The molecule has 0 bridgehead atoms. The van der Waals surface area contributed by atoms with Crippen molar-refractivity contribution in [3.8, 4) is 11.5 Å². The first-order valence-electron chi connectivity index (χ1n) is 10.0. The van der Waals surface area contributed by atoms with Gasteiger partial charge in [-0.2, -0.15) is 0 Å². The summed E-state index contributed by atoms with van der Waals surface area (Å²) in [5.41, 5.74) is 2.62. The van der Waals surface area contributed by atoms with Crippen molar-refractivity contribution in [3.05, 3.63) is 75.4 Å². The zero-order valence-electron chi connectivity index (χ0n) is 18.8. The number of hydrogen-bond donors (Lipinski definition) is 1. The number of methoxy groups -OCH3 is 2. The summed E-state index contributed by atoms with van der Waals surface area (Å²) in [7, 11) is -1.17.